The number of nitrogens with zero attached hydrogens (tertiary/aromatic N) is 5. The third-order valence-corrected chi connectivity index (χ3v) is 6.40. The average molecular weight is 466 g/mol. The largest absolute Gasteiger partial charge is 0.495 e. The number of morpholine rings is 1. The van der Waals surface area contributed by atoms with Crippen molar-refractivity contribution in [3.8, 4) is 5.75 Å². The zero-order valence-electron chi connectivity index (χ0n) is 19.4. The molecule has 2 aliphatic rings. The van der Waals surface area contributed by atoms with Gasteiger partial charge in [-0.25, -0.2) is 9.50 Å². The number of carbonyl (C=O) groups is 1. The molecule has 0 unspecified atom stereocenters. The van der Waals surface area contributed by atoms with Gasteiger partial charge in [-0.3, -0.25) is 9.69 Å². The van der Waals surface area contributed by atoms with Gasteiger partial charge in [0.15, 0.2) is 5.65 Å². The molecule has 3 N–H and O–H groups in total. The van der Waals surface area contributed by atoms with Crippen LogP contribution < -0.4 is 20.7 Å². The number of nitrogens with one attached hydrogen (secondary N) is 1. The Hall–Kier alpha value is -3.21. The minimum atomic E-state index is -0.283. The van der Waals surface area contributed by atoms with E-state index in [1.807, 2.05) is 30.5 Å². The van der Waals surface area contributed by atoms with Gasteiger partial charge in [0.1, 0.15) is 17.1 Å². The van der Waals surface area contributed by atoms with Crippen LogP contribution in [0.4, 0.5) is 11.5 Å². The second-order valence-corrected chi connectivity index (χ2v) is 8.84. The molecular weight excluding hydrogens is 434 g/mol. The number of anilines is 2. The number of rotatable bonds is 6. The molecule has 180 valence electrons. The Morgan fingerprint density at radius 2 is 2.12 bits per heavy atom. The van der Waals surface area contributed by atoms with Gasteiger partial charge in [-0.2, -0.15) is 5.10 Å². The number of benzene rings is 1. The Morgan fingerprint density at radius 1 is 1.26 bits per heavy atom. The normalized spacial score (nSPS) is 19.4. The van der Waals surface area contributed by atoms with E-state index in [0.29, 0.717) is 22.6 Å². The smallest absolute Gasteiger partial charge is 0.261 e. The number of amides is 1. The van der Waals surface area contributed by atoms with Crippen LogP contribution >= 0.6 is 0 Å². The van der Waals surface area contributed by atoms with Crippen LogP contribution in [0.2, 0.25) is 0 Å². The van der Waals surface area contributed by atoms with Crippen molar-refractivity contribution in [3.63, 3.8) is 0 Å². The summed E-state index contributed by atoms with van der Waals surface area (Å²) in [5, 5.41) is 7.28. The van der Waals surface area contributed by atoms with Crippen molar-refractivity contribution in [3.05, 3.63) is 47.8 Å². The van der Waals surface area contributed by atoms with Crippen LogP contribution in [0.3, 0.4) is 0 Å². The van der Waals surface area contributed by atoms with Gasteiger partial charge in [0.2, 0.25) is 0 Å². The van der Waals surface area contributed by atoms with Crippen LogP contribution in [0.1, 0.15) is 28.8 Å². The molecule has 1 aromatic carbocycles. The second kappa shape index (κ2) is 9.96. The van der Waals surface area contributed by atoms with E-state index in [2.05, 4.69) is 20.2 Å². The molecule has 1 amide bonds. The molecule has 0 spiro atoms. The van der Waals surface area contributed by atoms with Gasteiger partial charge in [-0.05, 0) is 36.6 Å². The molecule has 0 saturated carbocycles. The number of hydrogen-bond donors (Lipinski definition) is 2. The first kappa shape index (κ1) is 22.6. The molecule has 10 heteroatoms. The number of methoxy groups -OCH3 is 1. The highest BCUT2D eigenvalue weighted by molar-refractivity contribution is 6.08. The summed E-state index contributed by atoms with van der Waals surface area (Å²) in [4.78, 5) is 22.4. The third-order valence-electron chi connectivity index (χ3n) is 6.40. The zero-order valence-corrected chi connectivity index (χ0v) is 19.4. The minimum absolute atomic E-state index is 0.137. The van der Waals surface area contributed by atoms with Crippen molar-refractivity contribution in [1.82, 2.24) is 19.5 Å². The number of carbonyl (C=O) groups excluding carboxylic acids is 1. The van der Waals surface area contributed by atoms with Crippen LogP contribution in [0, 0.1) is 0 Å². The maximum absolute atomic E-state index is 13.2. The fourth-order valence-corrected chi connectivity index (χ4v) is 4.56. The molecule has 34 heavy (non-hydrogen) atoms. The highest BCUT2D eigenvalue weighted by Gasteiger charge is 2.21. The van der Waals surface area contributed by atoms with Crippen LogP contribution in [0.25, 0.3) is 5.65 Å². The molecule has 2 aliphatic heterocycles. The summed E-state index contributed by atoms with van der Waals surface area (Å²) in [6.45, 7) is 5.81. The summed E-state index contributed by atoms with van der Waals surface area (Å²) >= 11 is 0. The Labute approximate surface area is 198 Å². The highest BCUT2D eigenvalue weighted by atomic mass is 16.5. The van der Waals surface area contributed by atoms with Gasteiger partial charge in [0.25, 0.3) is 5.91 Å². The summed E-state index contributed by atoms with van der Waals surface area (Å²) in [6, 6.07) is 7.91. The lowest BCUT2D eigenvalue weighted by atomic mass is 10.1. The van der Waals surface area contributed by atoms with Crippen LogP contribution in [-0.2, 0) is 11.3 Å². The monoisotopic (exact) mass is 465 g/mol. The van der Waals surface area contributed by atoms with E-state index in [1.165, 1.54) is 0 Å². The fraction of sp³-hybridized carbons (Fsp3) is 0.458. The van der Waals surface area contributed by atoms with Crippen LogP contribution in [0.15, 0.2) is 36.7 Å². The molecule has 2 fully saturated rings. The van der Waals surface area contributed by atoms with Gasteiger partial charge >= 0.3 is 0 Å². The summed E-state index contributed by atoms with van der Waals surface area (Å²) in [6.07, 6.45) is 5.42. The number of piperidine rings is 1. The quantitative estimate of drug-likeness (QED) is 0.567. The molecule has 10 nitrogen and oxygen atoms in total. The molecule has 2 saturated heterocycles. The van der Waals surface area contributed by atoms with Crippen molar-refractivity contribution in [2.75, 3.05) is 56.7 Å². The minimum Gasteiger partial charge on any atom is -0.495 e. The predicted molar refractivity (Wildman–Crippen MR) is 129 cm³/mol. The number of nitrogens with two attached hydrogens (primary N) is 1. The van der Waals surface area contributed by atoms with E-state index in [1.54, 1.807) is 17.8 Å². The van der Waals surface area contributed by atoms with Gasteiger partial charge in [-0.1, -0.05) is 6.07 Å². The first-order valence-corrected chi connectivity index (χ1v) is 11.7. The van der Waals surface area contributed by atoms with E-state index < -0.39 is 0 Å². The Kier molecular flexibility index (Phi) is 6.61. The standard InChI is InChI=1S/C24H31N7O3/c1-33-21-13-17(15-29-9-11-34-12-10-29)4-5-20(21)27-24(32)19-14-26-31-8-6-22(28-23(19)31)30-7-2-3-18(25)16-30/h4-6,8,13-14,18H,2-3,7,9-12,15-16,25H2,1H3,(H,27,32)/t18-/m1/s1. The van der Waals surface area contributed by atoms with Crippen molar-refractivity contribution in [2.24, 2.45) is 5.73 Å². The molecule has 5 rings (SSSR count). The Morgan fingerprint density at radius 3 is 2.91 bits per heavy atom. The predicted octanol–water partition coefficient (Wildman–Crippen LogP) is 1.75. The molecule has 0 aliphatic carbocycles. The molecule has 0 radical (unpaired) electrons. The molecule has 2 aromatic heterocycles. The zero-order chi connectivity index (χ0) is 23.5. The molecule has 0 bridgehead atoms. The lowest BCUT2D eigenvalue weighted by Crippen LogP contribution is -2.43. The molecule has 1 atom stereocenters. The van der Waals surface area contributed by atoms with Crippen LogP contribution in [0.5, 0.6) is 5.75 Å². The Bertz CT molecular complexity index is 1160. The summed E-state index contributed by atoms with van der Waals surface area (Å²) in [7, 11) is 1.61. The lowest BCUT2D eigenvalue weighted by Gasteiger charge is -2.31. The highest BCUT2D eigenvalue weighted by Crippen LogP contribution is 2.27. The average Bonchev–Trinajstić information content (AvgIpc) is 3.29. The van der Waals surface area contributed by atoms with E-state index in [-0.39, 0.29) is 11.9 Å². The number of aromatic nitrogens is 3. The number of hydrogen-bond acceptors (Lipinski definition) is 8. The van der Waals surface area contributed by atoms with Crippen molar-refractivity contribution < 1.29 is 14.3 Å². The van der Waals surface area contributed by atoms with E-state index >= 15 is 0 Å². The molecule has 4 heterocycles. The van der Waals surface area contributed by atoms with Crippen molar-refractivity contribution >= 4 is 23.1 Å². The SMILES string of the molecule is COc1cc(CN2CCOCC2)ccc1NC(=O)c1cnn2ccc(N3CCC[C@@H](N)C3)nc12. The molecular formula is C24H31N7O3. The van der Waals surface area contributed by atoms with Gasteiger partial charge in [0.05, 0.1) is 32.2 Å². The summed E-state index contributed by atoms with van der Waals surface area (Å²) < 4.78 is 12.6. The maximum atomic E-state index is 13.2. The Balaban J connectivity index is 1.34. The van der Waals surface area contributed by atoms with Crippen molar-refractivity contribution in [2.45, 2.75) is 25.4 Å². The van der Waals surface area contributed by atoms with E-state index in [4.69, 9.17) is 20.2 Å². The van der Waals surface area contributed by atoms with Crippen LogP contribution in [-0.4, -0.2) is 77.9 Å². The van der Waals surface area contributed by atoms with E-state index in [0.717, 1.165) is 70.2 Å². The fourth-order valence-electron chi connectivity index (χ4n) is 4.56. The van der Waals surface area contributed by atoms with Crippen molar-refractivity contribution in [1.29, 1.82) is 0 Å². The van der Waals surface area contributed by atoms with Gasteiger partial charge in [-0.15, -0.1) is 0 Å². The number of ether oxygens (including phenoxy) is 2. The second-order valence-electron chi connectivity index (χ2n) is 8.84. The topological polar surface area (TPSA) is 110 Å². The first-order valence-electron chi connectivity index (χ1n) is 11.7. The van der Waals surface area contributed by atoms with Gasteiger partial charge < -0.3 is 25.4 Å². The number of fused-ring (bicyclic) bond motifs is 1. The summed E-state index contributed by atoms with van der Waals surface area (Å²) in [5.74, 6) is 1.14. The lowest BCUT2D eigenvalue weighted by molar-refractivity contribution is 0.0341. The van der Waals surface area contributed by atoms with Gasteiger partial charge in [0, 0.05) is 45.0 Å². The van der Waals surface area contributed by atoms with E-state index in [9.17, 15) is 4.79 Å². The first-order chi connectivity index (χ1) is 16.6. The third kappa shape index (κ3) is 4.84. The molecule has 3 aromatic rings. The summed E-state index contributed by atoms with van der Waals surface area (Å²) in [5.41, 5.74) is 8.79. The maximum Gasteiger partial charge on any atom is 0.261 e.